The number of imidazole rings is 1. The molecule has 6 rings (SSSR count). The molecule has 2 unspecified atom stereocenters. The van der Waals surface area contributed by atoms with Crippen molar-refractivity contribution < 1.29 is 14.4 Å². The summed E-state index contributed by atoms with van der Waals surface area (Å²) in [6.45, 7) is 17.5. The zero-order chi connectivity index (χ0) is 31.4. The van der Waals surface area contributed by atoms with Gasteiger partial charge in [-0.2, -0.15) is 5.26 Å². The van der Waals surface area contributed by atoms with Crippen molar-refractivity contribution in [3.05, 3.63) is 41.5 Å². The van der Waals surface area contributed by atoms with Crippen molar-refractivity contribution in [2.45, 2.75) is 113 Å². The van der Waals surface area contributed by atoms with Crippen LogP contribution < -0.4 is 0 Å². The molecule has 1 heterocycles. The van der Waals surface area contributed by atoms with E-state index in [4.69, 9.17) is 0 Å². The lowest BCUT2D eigenvalue weighted by molar-refractivity contribution is -0.164. The van der Waals surface area contributed by atoms with Gasteiger partial charge in [0.05, 0.1) is 11.0 Å². The first-order chi connectivity index (χ1) is 20.0. The molecule has 1 aromatic heterocycles. The fourth-order valence-electron chi connectivity index (χ4n) is 11.2. The Morgan fingerprint density at radius 1 is 1.05 bits per heavy atom. The van der Waals surface area contributed by atoms with E-state index in [-0.39, 0.29) is 57.0 Å². The lowest BCUT2D eigenvalue weighted by atomic mass is 9.34. The summed E-state index contributed by atoms with van der Waals surface area (Å²) in [6, 6.07) is 2.20. The third-order valence-electron chi connectivity index (χ3n) is 13.7. The first-order valence-electron chi connectivity index (χ1n) is 16.5. The van der Waals surface area contributed by atoms with Gasteiger partial charge in [-0.15, -0.1) is 0 Å². The van der Waals surface area contributed by atoms with Crippen LogP contribution in [0.5, 0.6) is 0 Å². The molecule has 5 aliphatic carbocycles. The SMILES string of the molecule is CCCc1nccn1C(=O)[C@]12CCC(C)(C)CC1C1C(=O)C=C3[C@@]4(C)C=C(C#N)C(=O)C(C)(C)[C@@H]4CC[C@@]3(C)[C@]1(C)CC2. The molecular weight excluding hydrogens is 534 g/mol. The van der Waals surface area contributed by atoms with Gasteiger partial charge in [-0.05, 0) is 85.5 Å². The maximum absolute atomic E-state index is 14.8. The number of nitriles is 1. The zero-order valence-corrected chi connectivity index (χ0v) is 27.5. The summed E-state index contributed by atoms with van der Waals surface area (Å²) in [5, 5.41) is 9.98. The van der Waals surface area contributed by atoms with Gasteiger partial charge in [0.15, 0.2) is 11.6 Å². The normalized spacial score (nSPS) is 41.0. The molecule has 6 nitrogen and oxygen atoms in total. The number of rotatable bonds is 3. The van der Waals surface area contributed by atoms with Gasteiger partial charge < -0.3 is 0 Å². The molecule has 0 saturated heterocycles. The zero-order valence-electron chi connectivity index (χ0n) is 27.5. The van der Waals surface area contributed by atoms with E-state index in [1.807, 2.05) is 36.8 Å². The van der Waals surface area contributed by atoms with E-state index in [2.05, 4.69) is 52.6 Å². The maximum atomic E-state index is 14.8. The number of hydrogen-bond donors (Lipinski definition) is 0. The van der Waals surface area contributed by atoms with Crippen LogP contribution in [-0.4, -0.2) is 27.0 Å². The Bertz CT molecular complexity index is 1520. The highest BCUT2D eigenvalue weighted by atomic mass is 16.2. The second-order valence-corrected chi connectivity index (χ2v) is 16.7. The second kappa shape index (κ2) is 9.35. The lowest BCUT2D eigenvalue weighted by Crippen LogP contribution is -2.66. The molecule has 0 N–H and O–H groups in total. The predicted molar refractivity (Wildman–Crippen MR) is 166 cm³/mol. The van der Waals surface area contributed by atoms with E-state index in [1.165, 1.54) is 0 Å². The molecule has 0 amide bonds. The number of aromatic nitrogens is 2. The quantitative estimate of drug-likeness (QED) is 0.364. The standard InChI is InChI=1S/C37H49N3O3/c1-9-10-28-39-17-18-40(28)31(43)37-15-13-32(2,3)21-24(37)29-25(41)19-27-34(6)20-23(22-38)30(42)33(4,5)26(34)11-12-35(27,7)36(29,8)14-16-37/h17-20,24,26,29H,9-16,21H2,1-8H3/t24?,26-,29?,34-,35+,36+,37-/m0/s1. The van der Waals surface area contributed by atoms with Gasteiger partial charge in [0.1, 0.15) is 11.9 Å². The van der Waals surface area contributed by atoms with Gasteiger partial charge in [-0.3, -0.25) is 19.0 Å². The molecule has 5 aliphatic rings. The third-order valence-corrected chi connectivity index (χ3v) is 13.7. The number of aryl methyl sites for hydroxylation is 1. The average molecular weight is 584 g/mol. The van der Waals surface area contributed by atoms with Crippen LogP contribution in [-0.2, 0) is 16.0 Å². The Labute approximate surface area is 257 Å². The Hall–Kier alpha value is -2.81. The number of nitrogens with zero attached hydrogens (tertiary/aromatic N) is 3. The number of ketones is 2. The summed E-state index contributed by atoms with van der Waals surface area (Å²) < 4.78 is 1.81. The Morgan fingerprint density at radius 2 is 1.74 bits per heavy atom. The van der Waals surface area contributed by atoms with Crippen LogP contribution in [0, 0.1) is 61.6 Å². The van der Waals surface area contributed by atoms with Gasteiger partial charge in [0.25, 0.3) is 0 Å². The Kier molecular flexibility index (Phi) is 6.57. The summed E-state index contributed by atoms with van der Waals surface area (Å²) in [6.07, 6.45) is 15.0. The monoisotopic (exact) mass is 583 g/mol. The van der Waals surface area contributed by atoms with Gasteiger partial charge in [-0.25, -0.2) is 4.98 Å². The molecule has 6 heteroatoms. The van der Waals surface area contributed by atoms with Crippen LogP contribution >= 0.6 is 0 Å². The highest BCUT2D eigenvalue weighted by molar-refractivity contribution is 6.04. The van der Waals surface area contributed by atoms with E-state index in [1.54, 1.807) is 6.20 Å². The average Bonchev–Trinajstić information content (AvgIpc) is 3.40. The Morgan fingerprint density at radius 3 is 2.42 bits per heavy atom. The summed E-state index contributed by atoms with van der Waals surface area (Å²) in [5.41, 5.74) is -1.08. The minimum Gasteiger partial charge on any atom is -0.295 e. The molecule has 0 aliphatic heterocycles. The molecule has 0 bridgehead atoms. The molecule has 0 radical (unpaired) electrons. The molecule has 0 spiro atoms. The number of allylic oxidation sites excluding steroid dienone is 4. The first-order valence-corrected chi connectivity index (χ1v) is 16.5. The van der Waals surface area contributed by atoms with Crippen molar-refractivity contribution in [2.75, 3.05) is 0 Å². The predicted octanol–water partition coefficient (Wildman–Crippen LogP) is 7.70. The van der Waals surface area contributed by atoms with Gasteiger partial charge in [-0.1, -0.05) is 67.0 Å². The fraction of sp³-hybridized carbons (Fsp3) is 0.703. The molecule has 230 valence electrons. The van der Waals surface area contributed by atoms with Crippen molar-refractivity contribution in [1.29, 1.82) is 5.26 Å². The van der Waals surface area contributed by atoms with Crippen molar-refractivity contribution in [3.63, 3.8) is 0 Å². The number of carbonyl (C=O) groups is 3. The van der Waals surface area contributed by atoms with Crippen molar-refractivity contribution in [1.82, 2.24) is 9.55 Å². The summed E-state index contributed by atoms with van der Waals surface area (Å²) in [4.78, 5) is 47.3. The van der Waals surface area contributed by atoms with E-state index in [0.29, 0.717) is 0 Å². The minimum absolute atomic E-state index is 0.0213. The smallest absolute Gasteiger partial charge is 0.238 e. The number of fused-ring (bicyclic) bond motifs is 7. The molecule has 3 fully saturated rings. The maximum Gasteiger partial charge on any atom is 0.238 e. The molecular formula is C37H49N3O3. The topological polar surface area (TPSA) is 92.8 Å². The van der Waals surface area contributed by atoms with Gasteiger partial charge in [0.2, 0.25) is 5.91 Å². The second-order valence-electron chi connectivity index (χ2n) is 16.7. The molecule has 43 heavy (non-hydrogen) atoms. The van der Waals surface area contributed by atoms with Crippen molar-refractivity contribution in [2.24, 2.45) is 50.2 Å². The Balaban J connectivity index is 1.51. The van der Waals surface area contributed by atoms with Crippen LogP contribution in [0.4, 0.5) is 0 Å². The molecule has 7 atom stereocenters. The number of carbonyl (C=O) groups excluding carboxylic acids is 3. The molecule has 1 aromatic rings. The highest BCUT2D eigenvalue weighted by Crippen LogP contribution is 2.74. The lowest BCUT2D eigenvalue weighted by Gasteiger charge is -2.69. The van der Waals surface area contributed by atoms with E-state index in [0.717, 1.165) is 69.2 Å². The highest BCUT2D eigenvalue weighted by Gasteiger charge is 2.71. The summed E-state index contributed by atoms with van der Waals surface area (Å²) in [7, 11) is 0. The largest absolute Gasteiger partial charge is 0.295 e. The van der Waals surface area contributed by atoms with Gasteiger partial charge >= 0.3 is 0 Å². The van der Waals surface area contributed by atoms with E-state index in [9.17, 15) is 19.6 Å². The van der Waals surface area contributed by atoms with E-state index < -0.39 is 16.2 Å². The van der Waals surface area contributed by atoms with Crippen LogP contribution in [0.15, 0.2) is 35.7 Å². The third kappa shape index (κ3) is 3.82. The van der Waals surface area contributed by atoms with Crippen LogP contribution in [0.25, 0.3) is 0 Å². The molecule has 0 aromatic carbocycles. The summed E-state index contributed by atoms with van der Waals surface area (Å²) >= 11 is 0. The minimum atomic E-state index is -0.680. The van der Waals surface area contributed by atoms with Crippen molar-refractivity contribution >= 4 is 17.5 Å². The summed E-state index contributed by atoms with van der Waals surface area (Å²) in [5.74, 6) is 0.721. The van der Waals surface area contributed by atoms with Crippen LogP contribution in [0.3, 0.4) is 0 Å². The number of hydrogen-bond acceptors (Lipinski definition) is 5. The first kappa shape index (κ1) is 30.2. The van der Waals surface area contributed by atoms with Crippen LogP contribution in [0.1, 0.15) is 117 Å². The van der Waals surface area contributed by atoms with Crippen LogP contribution in [0.2, 0.25) is 0 Å². The van der Waals surface area contributed by atoms with Gasteiger partial charge in [0, 0.05) is 35.6 Å². The van der Waals surface area contributed by atoms with E-state index >= 15 is 0 Å². The fourth-order valence-corrected chi connectivity index (χ4v) is 11.2. The number of Topliss-reactive ketones (excluding diaryl/α,β-unsaturated/α-hetero) is 1. The van der Waals surface area contributed by atoms with Crippen molar-refractivity contribution in [3.8, 4) is 6.07 Å². The molecule has 3 saturated carbocycles.